The van der Waals surface area contributed by atoms with E-state index < -0.39 is 5.97 Å². The molecule has 1 fully saturated rings. The van der Waals surface area contributed by atoms with Crippen LogP contribution in [0.25, 0.3) is 5.69 Å². The molecular weight excluding hydrogens is 362 g/mol. The number of imidazole rings is 1. The third-order valence-electron chi connectivity index (χ3n) is 3.84. The van der Waals surface area contributed by atoms with Gasteiger partial charge in [-0.15, -0.1) is 0 Å². The normalized spacial score (nSPS) is 15.2. The van der Waals surface area contributed by atoms with Crippen LogP contribution in [0.15, 0.2) is 41.3 Å². The summed E-state index contributed by atoms with van der Waals surface area (Å²) < 4.78 is 2.73. The first kappa shape index (κ1) is 15.7. The van der Waals surface area contributed by atoms with Crippen molar-refractivity contribution in [2.45, 2.75) is 25.3 Å². The largest absolute Gasteiger partial charge is 0.481 e. The van der Waals surface area contributed by atoms with E-state index in [9.17, 15) is 9.59 Å². The summed E-state index contributed by atoms with van der Waals surface area (Å²) in [5.41, 5.74) is 1.17. The minimum atomic E-state index is -0.900. The molecule has 120 valence electrons. The van der Waals surface area contributed by atoms with Gasteiger partial charge in [-0.2, -0.15) is 0 Å². The van der Waals surface area contributed by atoms with Crippen LogP contribution in [-0.4, -0.2) is 32.6 Å². The summed E-state index contributed by atoms with van der Waals surface area (Å²) in [6.07, 6.45) is 5.09. The van der Waals surface area contributed by atoms with E-state index in [1.807, 2.05) is 24.3 Å². The number of carbonyl (C=O) groups excluding carboxylic acids is 1. The number of aliphatic carboxylic acids is 1. The zero-order chi connectivity index (χ0) is 16.4. The highest BCUT2D eigenvalue weighted by atomic mass is 79.9. The van der Waals surface area contributed by atoms with Crippen molar-refractivity contribution in [2.24, 2.45) is 5.92 Å². The van der Waals surface area contributed by atoms with Gasteiger partial charge in [0.1, 0.15) is 12.0 Å². The smallest absolute Gasteiger partial charge is 0.305 e. The Balaban J connectivity index is 1.70. The lowest BCUT2D eigenvalue weighted by Gasteiger charge is -2.15. The maximum absolute atomic E-state index is 12.3. The van der Waals surface area contributed by atoms with E-state index in [0.717, 1.165) is 23.0 Å². The number of nitrogens with zero attached hydrogens (tertiary/aromatic N) is 2. The van der Waals surface area contributed by atoms with Crippen LogP contribution >= 0.6 is 15.9 Å². The molecule has 6 nitrogen and oxygen atoms in total. The number of carbonyl (C=O) groups is 2. The zero-order valence-electron chi connectivity index (χ0n) is 12.3. The van der Waals surface area contributed by atoms with Gasteiger partial charge in [0.2, 0.25) is 0 Å². The molecule has 0 radical (unpaired) electrons. The number of halogens is 1. The Hall–Kier alpha value is -2.15. The number of carboxylic acids is 1. The fourth-order valence-electron chi connectivity index (χ4n) is 2.46. The SMILES string of the molecule is O=C(O)C[C@H](NC(=O)c1cn(-c2ccc(Br)cc2)cn1)C1CC1. The maximum Gasteiger partial charge on any atom is 0.305 e. The molecule has 1 aliphatic rings. The molecule has 1 atom stereocenters. The minimum absolute atomic E-state index is 0.0518. The molecule has 0 aliphatic heterocycles. The van der Waals surface area contributed by atoms with Crippen molar-refractivity contribution in [3.63, 3.8) is 0 Å². The van der Waals surface area contributed by atoms with Crippen LogP contribution < -0.4 is 5.32 Å². The zero-order valence-corrected chi connectivity index (χ0v) is 13.9. The van der Waals surface area contributed by atoms with Crippen LogP contribution in [0.5, 0.6) is 0 Å². The first-order chi connectivity index (χ1) is 11.0. The minimum Gasteiger partial charge on any atom is -0.481 e. The molecule has 23 heavy (non-hydrogen) atoms. The molecule has 1 aliphatic carbocycles. The molecule has 2 N–H and O–H groups in total. The molecule has 0 bridgehead atoms. The predicted molar refractivity (Wildman–Crippen MR) is 87.5 cm³/mol. The monoisotopic (exact) mass is 377 g/mol. The van der Waals surface area contributed by atoms with E-state index in [1.54, 1.807) is 17.1 Å². The fourth-order valence-corrected chi connectivity index (χ4v) is 2.72. The van der Waals surface area contributed by atoms with E-state index in [4.69, 9.17) is 5.11 Å². The molecule has 1 aromatic carbocycles. The molecular formula is C16H16BrN3O3. The first-order valence-electron chi connectivity index (χ1n) is 7.35. The van der Waals surface area contributed by atoms with Crippen molar-refractivity contribution in [1.82, 2.24) is 14.9 Å². The van der Waals surface area contributed by atoms with E-state index in [1.165, 1.54) is 0 Å². The van der Waals surface area contributed by atoms with Crippen LogP contribution in [0, 0.1) is 5.92 Å². The molecule has 0 saturated heterocycles. The molecule has 3 rings (SSSR count). The average molecular weight is 378 g/mol. The standard InChI is InChI=1S/C16H16BrN3O3/c17-11-3-5-12(6-4-11)20-8-14(18-9-20)16(23)19-13(7-15(21)22)10-1-2-10/h3-6,8-10,13H,1-2,7H2,(H,19,23)(H,21,22)/t13-/m0/s1. The Labute approximate surface area is 141 Å². The van der Waals surface area contributed by atoms with E-state index >= 15 is 0 Å². The number of nitrogens with one attached hydrogen (secondary N) is 1. The number of benzene rings is 1. The van der Waals surface area contributed by atoms with E-state index in [-0.39, 0.29) is 30.0 Å². The number of aromatic nitrogens is 2. The molecule has 0 spiro atoms. The molecule has 1 heterocycles. The van der Waals surface area contributed by atoms with Crippen molar-refractivity contribution < 1.29 is 14.7 Å². The van der Waals surface area contributed by atoms with Crippen molar-refractivity contribution in [1.29, 1.82) is 0 Å². The van der Waals surface area contributed by atoms with Crippen molar-refractivity contribution in [3.05, 3.63) is 47.0 Å². The highest BCUT2D eigenvalue weighted by molar-refractivity contribution is 9.10. The van der Waals surface area contributed by atoms with Gasteiger partial charge >= 0.3 is 5.97 Å². The second-order valence-electron chi connectivity index (χ2n) is 5.66. The van der Waals surface area contributed by atoms with E-state index in [2.05, 4.69) is 26.2 Å². The van der Waals surface area contributed by atoms with Crippen LogP contribution in [0.4, 0.5) is 0 Å². The number of carboxylic acid groups (broad SMARTS) is 1. The Morgan fingerprint density at radius 1 is 1.35 bits per heavy atom. The van der Waals surface area contributed by atoms with Gasteiger partial charge in [0.05, 0.1) is 6.42 Å². The maximum atomic E-state index is 12.3. The third kappa shape index (κ3) is 3.98. The Morgan fingerprint density at radius 2 is 2.04 bits per heavy atom. The Morgan fingerprint density at radius 3 is 2.65 bits per heavy atom. The lowest BCUT2D eigenvalue weighted by Crippen LogP contribution is -2.38. The fraction of sp³-hybridized carbons (Fsp3) is 0.312. The Kier molecular flexibility index (Phi) is 4.47. The average Bonchev–Trinajstić information content (AvgIpc) is 3.24. The quantitative estimate of drug-likeness (QED) is 0.810. The topological polar surface area (TPSA) is 84.2 Å². The predicted octanol–water partition coefficient (Wildman–Crippen LogP) is 2.62. The third-order valence-corrected chi connectivity index (χ3v) is 4.37. The van der Waals surface area contributed by atoms with Crippen LogP contribution in [0.3, 0.4) is 0 Å². The van der Waals surface area contributed by atoms with Gasteiger partial charge < -0.3 is 15.0 Å². The Bertz CT molecular complexity index is 722. The van der Waals surface area contributed by atoms with Gasteiger partial charge in [-0.05, 0) is 43.0 Å². The summed E-state index contributed by atoms with van der Waals surface area (Å²) in [5.74, 6) is -0.967. The highest BCUT2D eigenvalue weighted by Gasteiger charge is 2.34. The number of amides is 1. The molecule has 1 amide bonds. The molecule has 2 aromatic rings. The van der Waals surface area contributed by atoms with Crippen molar-refractivity contribution in [2.75, 3.05) is 0 Å². The molecule has 0 unspecified atom stereocenters. The van der Waals surface area contributed by atoms with Gasteiger partial charge in [0.15, 0.2) is 0 Å². The van der Waals surface area contributed by atoms with E-state index in [0.29, 0.717) is 0 Å². The molecule has 1 aromatic heterocycles. The molecule has 1 saturated carbocycles. The second kappa shape index (κ2) is 6.54. The lowest BCUT2D eigenvalue weighted by atomic mass is 10.1. The highest BCUT2D eigenvalue weighted by Crippen LogP contribution is 2.34. The first-order valence-corrected chi connectivity index (χ1v) is 8.15. The van der Waals surface area contributed by atoms with Crippen LogP contribution in [0.2, 0.25) is 0 Å². The summed E-state index contributed by atoms with van der Waals surface area (Å²) in [5, 5.41) is 11.7. The molecule has 7 heteroatoms. The van der Waals surface area contributed by atoms with Gasteiger partial charge in [-0.1, -0.05) is 15.9 Å². The van der Waals surface area contributed by atoms with Gasteiger partial charge in [-0.25, -0.2) is 4.98 Å². The summed E-state index contributed by atoms with van der Waals surface area (Å²) in [4.78, 5) is 27.3. The van der Waals surface area contributed by atoms with Crippen LogP contribution in [0.1, 0.15) is 29.8 Å². The number of hydrogen-bond donors (Lipinski definition) is 2. The summed E-state index contributed by atoms with van der Waals surface area (Å²) in [7, 11) is 0. The lowest BCUT2D eigenvalue weighted by molar-refractivity contribution is -0.137. The second-order valence-corrected chi connectivity index (χ2v) is 6.57. The van der Waals surface area contributed by atoms with Gasteiger partial charge in [0, 0.05) is 22.4 Å². The number of hydrogen-bond acceptors (Lipinski definition) is 3. The van der Waals surface area contributed by atoms with Gasteiger partial charge in [0.25, 0.3) is 5.91 Å². The van der Waals surface area contributed by atoms with Crippen molar-refractivity contribution in [3.8, 4) is 5.69 Å². The summed E-state index contributed by atoms with van der Waals surface area (Å²) in [6.45, 7) is 0. The summed E-state index contributed by atoms with van der Waals surface area (Å²) in [6, 6.07) is 7.31. The number of rotatable bonds is 6. The van der Waals surface area contributed by atoms with Crippen molar-refractivity contribution >= 4 is 27.8 Å². The summed E-state index contributed by atoms with van der Waals surface area (Å²) >= 11 is 3.38. The van der Waals surface area contributed by atoms with Crippen LogP contribution in [-0.2, 0) is 4.79 Å². The van der Waals surface area contributed by atoms with Gasteiger partial charge in [-0.3, -0.25) is 9.59 Å².